The maximum absolute atomic E-state index is 11.1. The number of anilines is 2. The Morgan fingerprint density at radius 3 is 2.59 bits per heavy atom. The van der Waals surface area contributed by atoms with Crippen LogP contribution in [0.3, 0.4) is 0 Å². The van der Waals surface area contributed by atoms with Gasteiger partial charge in [-0.15, -0.1) is 0 Å². The van der Waals surface area contributed by atoms with Gasteiger partial charge < -0.3 is 16.2 Å². The largest absolute Gasteiger partial charge is 0.397 e. The first-order valence-corrected chi connectivity index (χ1v) is 6.69. The molecule has 0 radical (unpaired) electrons. The molecule has 0 amide bonds. The molecule has 0 saturated heterocycles. The number of hydrogen-bond acceptors (Lipinski definition) is 5. The fourth-order valence-corrected chi connectivity index (χ4v) is 1.93. The van der Waals surface area contributed by atoms with Crippen LogP contribution in [0.2, 0.25) is 0 Å². The van der Waals surface area contributed by atoms with Crippen molar-refractivity contribution in [3.8, 4) is 0 Å². The van der Waals surface area contributed by atoms with Gasteiger partial charge in [-0.3, -0.25) is 0 Å². The Balaban J connectivity index is 2.91. The summed E-state index contributed by atoms with van der Waals surface area (Å²) in [6.07, 6.45) is 0.580. The molecule has 0 aliphatic heterocycles. The molecule has 1 rings (SSSR count). The van der Waals surface area contributed by atoms with Crippen molar-refractivity contribution in [2.45, 2.75) is 24.3 Å². The summed E-state index contributed by atoms with van der Waals surface area (Å²) in [5.74, 6) is 0. The lowest BCUT2D eigenvalue weighted by atomic mass is 10.2. The Kier molecular flexibility index (Phi) is 4.33. The minimum absolute atomic E-state index is 0.0182. The maximum Gasteiger partial charge on any atom is 0.238 e. The summed E-state index contributed by atoms with van der Waals surface area (Å²) in [6, 6.07) is 4.30. The number of sulfonamides is 1. The molecule has 7 heteroatoms. The Bertz CT molecular complexity index is 488. The first kappa shape index (κ1) is 13.8. The molecule has 6 nitrogen and oxygen atoms in total. The van der Waals surface area contributed by atoms with E-state index >= 15 is 0 Å². The summed E-state index contributed by atoms with van der Waals surface area (Å²) >= 11 is 0. The van der Waals surface area contributed by atoms with Crippen LogP contribution in [0.4, 0.5) is 11.4 Å². The zero-order valence-corrected chi connectivity index (χ0v) is 10.4. The Labute approximate surface area is 101 Å². The fraction of sp³-hybridized carbons (Fsp3) is 0.400. The van der Waals surface area contributed by atoms with Crippen LogP contribution in [0, 0.1) is 0 Å². The lowest BCUT2D eigenvalue weighted by Gasteiger charge is -2.16. The molecule has 1 unspecified atom stereocenters. The molecule has 1 aromatic rings. The van der Waals surface area contributed by atoms with Crippen LogP contribution in [-0.2, 0) is 10.0 Å². The molecule has 0 aliphatic rings. The highest BCUT2D eigenvalue weighted by molar-refractivity contribution is 7.89. The van der Waals surface area contributed by atoms with E-state index in [1.165, 1.54) is 12.1 Å². The van der Waals surface area contributed by atoms with Crippen molar-refractivity contribution < 1.29 is 13.5 Å². The van der Waals surface area contributed by atoms with Crippen molar-refractivity contribution >= 4 is 21.4 Å². The van der Waals surface area contributed by atoms with Crippen LogP contribution in [-0.4, -0.2) is 26.2 Å². The Morgan fingerprint density at radius 1 is 1.47 bits per heavy atom. The maximum atomic E-state index is 11.1. The van der Waals surface area contributed by atoms with Crippen LogP contribution >= 0.6 is 0 Å². The molecule has 0 saturated carbocycles. The normalized spacial score (nSPS) is 13.4. The first-order chi connectivity index (χ1) is 7.84. The van der Waals surface area contributed by atoms with E-state index in [9.17, 15) is 8.42 Å². The second-order valence-corrected chi connectivity index (χ2v) is 5.41. The number of nitrogens with two attached hydrogens (primary N) is 2. The number of hydrogen-bond donors (Lipinski definition) is 4. The standard InChI is InChI=1S/C10H17N3O3S/c1-7(4-5-14)13-10-3-2-8(6-9(10)11)17(12,15)16/h2-3,6-7,13-14H,4-5,11H2,1H3,(H2,12,15,16). The zero-order valence-electron chi connectivity index (χ0n) is 9.55. The minimum atomic E-state index is -3.73. The number of benzene rings is 1. The van der Waals surface area contributed by atoms with Gasteiger partial charge in [0.1, 0.15) is 0 Å². The van der Waals surface area contributed by atoms with Gasteiger partial charge in [0.2, 0.25) is 10.0 Å². The summed E-state index contributed by atoms with van der Waals surface area (Å²) in [5.41, 5.74) is 6.65. The van der Waals surface area contributed by atoms with Crippen LogP contribution in [0.1, 0.15) is 13.3 Å². The van der Waals surface area contributed by atoms with E-state index in [4.69, 9.17) is 16.0 Å². The van der Waals surface area contributed by atoms with E-state index in [1.54, 1.807) is 6.07 Å². The minimum Gasteiger partial charge on any atom is -0.397 e. The van der Waals surface area contributed by atoms with Crippen molar-refractivity contribution in [2.24, 2.45) is 5.14 Å². The molecule has 96 valence electrons. The van der Waals surface area contributed by atoms with Gasteiger partial charge in [0.05, 0.1) is 16.3 Å². The Hall–Kier alpha value is -1.31. The van der Waals surface area contributed by atoms with Gasteiger partial charge in [0.25, 0.3) is 0 Å². The summed E-state index contributed by atoms with van der Waals surface area (Å²) in [5, 5.41) is 16.8. The number of aliphatic hydroxyl groups excluding tert-OH is 1. The van der Waals surface area contributed by atoms with Crippen LogP contribution in [0.25, 0.3) is 0 Å². The number of rotatable bonds is 5. The molecule has 1 atom stereocenters. The molecule has 0 bridgehead atoms. The van der Waals surface area contributed by atoms with Gasteiger partial charge in [0, 0.05) is 12.6 Å². The van der Waals surface area contributed by atoms with Crippen LogP contribution in [0.5, 0.6) is 0 Å². The Morgan fingerprint density at radius 2 is 2.12 bits per heavy atom. The number of primary sulfonamides is 1. The highest BCUT2D eigenvalue weighted by atomic mass is 32.2. The van der Waals surface area contributed by atoms with E-state index in [1.807, 2.05) is 6.92 Å². The molecule has 17 heavy (non-hydrogen) atoms. The predicted octanol–water partition coefficient (Wildman–Crippen LogP) is 0.0990. The molecule has 0 spiro atoms. The zero-order chi connectivity index (χ0) is 13.1. The van der Waals surface area contributed by atoms with Gasteiger partial charge in [0.15, 0.2) is 0 Å². The van der Waals surface area contributed by atoms with E-state index in [0.717, 1.165) is 0 Å². The number of nitrogens with one attached hydrogen (secondary N) is 1. The number of aliphatic hydroxyl groups is 1. The van der Waals surface area contributed by atoms with Crippen molar-refractivity contribution in [3.63, 3.8) is 0 Å². The fourth-order valence-electron chi connectivity index (χ4n) is 1.38. The van der Waals surface area contributed by atoms with E-state index in [2.05, 4.69) is 5.32 Å². The monoisotopic (exact) mass is 259 g/mol. The SMILES string of the molecule is CC(CCO)Nc1ccc(S(N)(=O)=O)cc1N. The molecule has 1 aromatic carbocycles. The lowest BCUT2D eigenvalue weighted by molar-refractivity contribution is 0.282. The van der Waals surface area contributed by atoms with Gasteiger partial charge in [-0.1, -0.05) is 0 Å². The summed E-state index contributed by atoms with van der Waals surface area (Å²) in [6.45, 7) is 1.96. The average Bonchev–Trinajstić information content (AvgIpc) is 2.20. The summed E-state index contributed by atoms with van der Waals surface area (Å²) in [4.78, 5) is -0.0182. The first-order valence-electron chi connectivity index (χ1n) is 5.14. The third kappa shape index (κ3) is 3.88. The van der Waals surface area contributed by atoms with Crippen LogP contribution in [0.15, 0.2) is 23.1 Å². The molecule has 0 fully saturated rings. The molecular weight excluding hydrogens is 242 g/mol. The number of nitrogen functional groups attached to an aromatic ring is 1. The molecule has 6 N–H and O–H groups in total. The van der Waals surface area contributed by atoms with Crippen LogP contribution < -0.4 is 16.2 Å². The van der Waals surface area contributed by atoms with Gasteiger partial charge in [-0.25, -0.2) is 13.6 Å². The third-order valence-electron chi connectivity index (χ3n) is 2.32. The van der Waals surface area contributed by atoms with Gasteiger partial charge >= 0.3 is 0 Å². The predicted molar refractivity (Wildman–Crippen MR) is 67.0 cm³/mol. The highest BCUT2D eigenvalue weighted by Crippen LogP contribution is 2.22. The van der Waals surface area contributed by atoms with Gasteiger partial charge in [-0.05, 0) is 31.5 Å². The average molecular weight is 259 g/mol. The topological polar surface area (TPSA) is 118 Å². The summed E-state index contributed by atoms with van der Waals surface area (Å²) in [7, 11) is -3.73. The van der Waals surface area contributed by atoms with E-state index < -0.39 is 10.0 Å². The van der Waals surface area contributed by atoms with E-state index in [-0.39, 0.29) is 17.5 Å². The van der Waals surface area contributed by atoms with Crippen molar-refractivity contribution in [2.75, 3.05) is 17.7 Å². The van der Waals surface area contributed by atoms with E-state index in [0.29, 0.717) is 17.8 Å². The molecular formula is C10H17N3O3S. The highest BCUT2D eigenvalue weighted by Gasteiger charge is 2.11. The van der Waals surface area contributed by atoms with Crippen molar-refractivity contribution in [1.29, 1.82) is 0 Å². The smallest absolute Gasteiger partial charge is 0.238 e. The molecule has 0 heterocycles. The van der Waals surface area contributed by atoms with Gasteiger partial charge in [-0.2, -0.15) is 0 Å². The molecule has 0 aromatic heterocycles. The quantitative estimate of drug-likeness (QED) is 0.559. The van der Waals surface area contributed by atoms with Crippen molar-refractivity contribution in [3.05, 3.63) is 18.2 Å². The second kappa shape index (κ2) is 5.35. The third-order valence-corrected chi connectivity index (χ3v) is 3.23. The summed E-state index contributed by atoms with van der Waals surface area (Å²) < 4.78 is 22.2. The second-order valence-electron chi connectivity index (χ2n) is 3.85. The molecule has 0 aliphatic carbocycles. The van der Waals surface area contributed by atoms with Crippen molar-refractivity contribution in [1.82, 2.24) is 0 Å². The lowest BCUT2D eigenvalue weighted by Crippen LogP contribution is -2.18.